The van der Waals surface area contributed by atoms with Crippen LogP contribution < -0.4 is 9.47 Å². The first-order valence-corrected chi connectivity index (χ1v) is 5.33. The van der Waals surface area contributed by atoms with E-state index in [9.17, 15) is 18.0 Å². The molecule has 4 nitrogen and oxygen atoms in total. The minimum Gasteiger partial charge on any atom is -0.493 e. The topological polar surface area (TPSA) is 55.8 Å². The molecule has 0 amide bonds. The molecule has 0 bridgehead atoms. The van der Waals surface area contributed by atoms with Crippen LogP contribution in [0.5, 0.6) is 11.5 Å². The summed E-state index contributed by atoms with van der Waals surface area (Å²) in [7, 11) is 2.34. The number of aryl methyl sites for hydroxylation is 1. The van der Waals surface area contributed by atoms with Crippen molar-refractivity contribution in [3.05, 3.63) is 23.3 Å². The normalized spacial score (nSPS) is 11.2. The molecule has 0 fully saturated rings. The van der Waals surface area contributed by atoms with E-state index in [2.05, 4.69) is 0 Å². The van der Waals surface area contributed by atoms with Crippen LogP contribution in [-0.4, -0.2) is 25.3 Å². The van der Waals surface area contributed by atoms with Crippen molar-refractivity contribution in [2.45, 2.75) is 19.0 Å². The highest BCUT2D eigenvalue weighted by Gasteiger charge is 2.36. The van der Waals surface area contributed by atoms with Crippen LogP contribution in [-0.2, 0) is 17.4 Å². The Morgan fingerprint density at radius 1 is 1.26 bits per heavy atom. The largest absolute Gasteiger partial charge is 0.493 e. The smallest absolute Gasteiger partial charge is 0.420 e. The van der Waals surface area contributed by atoms with Gasteiger partial charge in [0.05, 0.1) is 14.2 Å². The number of rotatable bonds is 5. The molecule has 7 heteroatoms. The molecule has 1 rings (SSSR count). The molecule has 0 saturated heterocycles. The van der Waals surface area contributed by atoms with Crippen molar-refractivity contribution in [2.24, 2.45) is 0 Å². The monoisotopic (exact) mass is 278 g/mol. The van der Waals surface area contributed by atoms with Crippen LogP contribution in [0.3, 0.4) is 0 Å². The molecule has 0 aliphatic rings. The maximum Gasteiger partial charge on any atom is 0.420 e. The van der Waals surface area contributed by atoms with Gasteiger partial charge in [0, 0.05) is 6.42 Å². The number of hydrogen-bond donors (Lipinski definition) is 1. The Morgan fingerprint density at radius 3 is 2.32 bits per heavy atom. The predicted octanol–water partition coefficient (Wildman–Crippen LogP) is 2.74. The van der Waals surface area contributed by atoms with Crippen LogP contribution in [0, 0.1) is 0 Å². The fourth-order valence-corrected chi connectivity index (χ4v) is 1.63. The molecule has 0 unspecified atom stereocenters. The number of hydrogen-bond acceptors (Lipinski definition) is 3. The van der Waals surface area contributed by atoms with E-state index in [1.807, 2.05) is 0 Å². The van der Waals surface area contributed by atoms with Gasteiger partial charge in [0.1, 0.15) is 5.56 Å². The van der Waals surface area contributed by atoms with E-state index in [1.165, 1.54) is 13.2 Å². The molecular weight excluding hydrogens is 265 g/mol. The summed E-state index contributed by atoms with van der Waals surface area (Å²) < 4.78 is 48.2. The van der Waals surface area contributed by atoms with Crippen LogP contribution in [0.15, 0.2) is 12.1 Å². The summed E-state index contributed by atoms with van der Waals surface area (Å²) >= 11 is 0. The quantitative estimate of drug-likeness (QED) is 0.899. The fourth-order valence-electron chi connectivity index (χ4n) is 1.63. The van der Waals surface area contributed by atoms with Gasteiger partial charge in [-0.15, -0.1) is 0 Å². The first-order valence-electron chi connectivity index (χ1n) is 5.33. The first kappa shape index (κ1) is 15.1. The Labute approximate surface area is 107 Å². The second-order valence-corrected chi connectivity index (χ2v) is 3.77. The molecule has 0 aliphatic heterocycles. The fraction of sp³-hybridized carbons (Fsp3) is 0.417. The lowest BCUT2D eigenvalue weighted by Gasteiger charge is -2.16. The van der Waals surface area contributed by atoms with Gasteiger partial charge >= 0.3 is 12.1 Å². The SMILES string of the molecule is COc1cc(CCC(=O)O)cc(C(F)(F)F)c1OC. The molecule has 1 aromatic carbocycles. The third-order valence-electron chi connectivity index (χ3n) is 2.47. The average molecular weight is 278 g/mol. The Balaban J connectivity index is 3.26. The number of halogens is 3. The Morgan fingerprint density at radius 2 is 1.89 bits per heavy atom. The summed E-state index contributed by atoms with van der Waals surface area (Å²) in [5, 5.41) is 8.55. The second-order valence-electron chi connectivity index (χ2n) is 3.77. The van der Waals surface area contributed by atoms with E-state index in [4.69, 9.17) is 14.6 Å². The van der Waals surface area contributed by atoms with E-state index in [1.54, 1.807) is 0 Å². The molecule has 0 aromatic heterocycles. The van der Waals surface area contributed by atoms with Crippen molar-refractivity contribution in [3.63, 3.8) is 0 Å². The van der Waals surface area contributed by atoms with Crippen LogP contribution in [0.4, 0.5) is 13.2 Å². The lowest BCUT2D eigenvalue weighted by molar-refractivity contribution is -0.139. The number of alkyl halides is 3. The summed E-state index contributed by atoms with van der Waals surface area (Å²) in [5.41, 5.74) is -0.748. The summed E-state index contributed by atoms with van der Waals surface area (Å²) in [6.07, 6.45) is -4.87. The lowest BCUT2D eigenvalue weighted by atomic mass is 10.0. The maximum atomic E-state index is 12.9. The number of benzene rings is 1. The zero-order valence-corrected chi connectivity index (χ0v) is 10.4. The van der Waals surface area contributed by atoms with Gasteiger partial charge in [-0.2, -0.15) is 13.2 Å². The van der Waals surface area contributed by atoms with Crippen LogP contribution in [0.25, 0.3) is 0 Å². The zero-order valence-electron chi connectivity index (χ0n) is 10.4. The minimum absolute atomic E-state index is 0.0151. The van der Waals surface area contributed by atoms with E-state index < -0.39 is 23.5 Å². The van der Waals surface area contributed by atoms with Crippen molar-refractivity contribution in [1.82, 2.24) is 0 Å². The van der Waals surface area contributed by atoms with E-state index >= 15 is 0 Å². The highest BCUT2D eigenvalue weighted by Crippen LogP contribution is 2.42. The summed E-state index contributed by atoms with van der Waals surface area (Å²) in [6.45, 7) is 0. The van der Waals surface area contributed by atoms with Crippen molar-refractivity contribution in [2.75, 3.05) is 14.2 Å². The van der Waals surface area contributed by atoms with Gasteiger partial charge in [-0.1, -0.05) is 0 Å². The Kier molecular flexibility index (Phi) is 4.63. The molecular formula is C12H13F3O4. The molecule has 19 heavy (non-hydrogen) atoms. The highest BCUT2D eigenvalue weighted by atomic mass is 19.4. The summed E-state index contributed by atoms with van der Waals surface area (Å²) in [5.74, 6) is -1.56. The number of carboxylic acid groups (broad SMARTS) is 1. The molecule has 0 spiro atoms. The molecule has 106 valence electrons. The van der Waals surface area contributed by atoms with E-state index in [0.717, 1.165) is 13.2 Å². The van der Waals surface area contributed by atoms with Gasteiger partial charge < -0.3 is 14.6 Å². The van der Waals surface area contributed by atoms with Crippen molar-refractivity contribution >= 4 is 5.97 Å². The lowest BCUT2D eigenvalue weighted by Crippen LogP contribution is -2.10. The van der Waals surface area contributed by atoms with Crippen LogP contribution in [0.2, 0.25) is 0 Å². The van der Waals surface area contributed by atoms with Gasteiger partial charge in [-0.3, -0.25) is 4.79 Å². The van der Waals surface area contributed by atoms with Gasteiger partial charge in [0.25, 0.3) is 0 Å². The molecule has 1 N–H and O–H groups in total. The molecule has 0 heterocycles. The standard InChI is InChI=1S/C12H13F3O4/c1-18-9-6-7(3-4-10(16)17)5-8(11(9)19-2)12(13,14)15/h5-6H,3-4H2,1-2H3,(H,16,17). The average Bonchev–Trinajstić information content (AvgIpc) is 2.33. The van der Waals surface area contributed by atoms with E-state index in [-0.39, 0.29) is 24.2 Å². The number of ether oxygens (including phenoxy) is 2. The maximum absolute atomic E-state index is 12.9. The molecule has 0 saturated carbocycles. The number of aliphatic carboxylic acids is 1. The zero-order chi connectivity index (χ0) is 14.6. The second kappa shape index (κ2) is 5.81. The summed E-state index contributed by atoms with van der Waals surface area (Å²) in [6, 6.07) is 2.22. The Hall–Kier alpha value is -1.92. The van der Waals surface area contributed by atoms with Crippen LogP contribution in [0.1, 0.15) is 17.5 Å². The van der Waals surface area contributed by atoms with Gasteiger partial charge in [-0.05, 0) is 24.1 Å². The van der Waals surface area contributed by atoms with Gasteiger partial charge in [-0.25, -0.2) is 0 Å². The third-order valence-corrected chi connectivity index (χ3v) is 2.47. The van der Waals surface area contributed by atoms with Gasteiger partial charge in [0.2, 0.25) is 0 Å². The molecule has 0 atom stereocenters. The Bertz CT molecular complexity index is 469. The minimum atomic E-state index is -4.60. The summed E-state index contributed by atoms with van der Waals surface area (Å²) in [4.78, 5) is 10.5. The predicted molar refractivity (Wildman–Crippen MR) is 60.5 cm³/mol. The van der Waals surface area contributed by atoms with Crippen molar-refractivity contribution in [1.29, 1.82) is 0 Å². The number of carbonyl (C=O) groups is 1. The van der Waals surface area contributed by atoms with Crippen LogP contribution >= 0.6 is 0 Å². The van der Waals surface area contributed by atoms with Crippen molar-refractivity contribution in [3.8, 4) is 11.5 Å². The molecule has 0 radical (unpaired) electrons. The van der Waals surface area contributed by atoms with E-state index in [0.29, 0.717) is 0 Å². The highest BCUT2D eigenvalue weighted by molar-refractivity contribution is 5.67. The molecule has 1 aromatic rings. The first-order chi connectivity index (χ1) is 8.79. The number of methoxy groups -OCH3 is 2. The van der Waals surface area contributed by atoms with Gasteiger partial charge in [0.15, 0.2) is 11.5 Å². The number of carboxylic acids is 1. The third kappa shape index (κ3) is 3.77. The molecule has 0 aliphatic carbocycles. The van der Waals surface area contributed by atoms with Crippen molar-refractivity contribution < 1.29 is 32.5 Å².